The van der Waals surface area contributed by atoms with Gasteiger partial charge in [-0.05, 0) is 121 Å². The van der Waals surface area contributed by atoms with Gasteiger partial charge in [0.25, 0.3) is 13.4 Å². The van der Waals surface area contributed by atoms with E-state index in [1.807, 2.05) is 0 Å². The molecule has 4 nitrogen and oxygen atoms in total. The molecule has 6 heteroatoms. The summed E-state index contributed by atoms with van der Waals surface area (Å²) in [6.45, 7) is -0.265. The first-order chi connectivity index (χ1) is 35.7. The van der Waals surface area contributed by atoms with Crippen molar-refractivity contribution in [2.75, 3.05) is 9.80 Å². The Balaban J connectivity index is 1.09. The molecule has 4 heterocycles. The van der Waals surface area contributed by atoms with Crippen LogP contribution >= 0.6 is 0 Å². The first-order valence-corrected chi connectivity index (χ1v) is 24.8. The van der Waals surface area contributed by atoms with Crippen LogP contribution in [-0.4, -0.2) is 13.4 Å². The van der Waals surface area contributed by atoms with Gasteiger partial charge >= 0.3 is 0 Å². The summed E-state index contributed by atoms with van der Waals surface area (Å²) in [5.41, 5.74) is 22.7. The fourth-order valence-corrected chi connectivity index (χ4v) is 12.1. The van der Waals surface area contributed by atoms with Gasteiger partial charge in [-0.15, -0.1) is 0 Å². The second-order valence-electron chi connectivity index (χ2n) is 19.1. The molecule has 0 atom stereocenters. The zero-order valence-electron chi connectivity index (χ0n) is 39.1. The molecule has 15 rings (SSSR count). The summed E-state index contributed by atoms with van der Waals surface area (Å²) < 4.78 is 14.2. The van der Waals surface area contributed by atoms with Crippen LogP contribution in [0.15, 0.2) is 255 Å². The van der Waals surface area contributed by atoms with Crippen LogP contribution in [0, 0.1) is 0 Å². The monoisotopic (exact) mass is 916 g/mol. The van der Waals surface area contributed by atoms with E-state index in [4.69, 9.17) is 9.47 Å². The van der Waals surface area contributed by atoms with Crippen molar-refractivity contribution < 1.29 is 9.47 Å². The van der Waals surface area contributed by atoms with Gasteiger partial charge in [0.1, 0.15) is 23.0 Å². The van der Waals surface area contributed by atoms with Crippen molar-refractivity contribution in [1.29, 1.82) is 0 Å². The van der Waals surface area contributed by atoms with E-state index in [1.165, 1.54) is 10.9 Å². The van der Waals surface area contributed by atoms with E-state index in [2.05, 4.69) is 265 Å². The van der Waals surface area contributed by atoms with Crippen LogP contribution in [0.2, 0.25) is 0 Å². The molecule has 0 radical (unpaired) electrons. The topological polar surface area (TPSA) is 24.9 Å². The molecule has 0 amide bonds. The summed E-state index contributed by atoms with van der Waals surface area (Å²) >= 11 is 0. The Morgan fingerprint density at radius 2 is 0.597 bits per heavy atom. The summed E-state index contributed by atoms with van der Waals surface area (Å²) in [5.74, 6) is 3.50. The Labute approximate surface area is 419 Å². The van der Waals surface area contributed by atoms with Crippen LogP contribution < -0.4 is 52.1 Å². The average Bonchev–Trinajstić information content (AvgIpc) is 3.45. The SMILES string of the molecule is c1ccc(-c2cc3c4c(c2)N(c2ccccc2-c2ccccc2)c2cc5c(cc2B4c2ccccc2O3)B2c3ccccc3Oc3cc(-c4ccccc4)cc(c32)N5c2ccccc2-c2ccccc2)cc1. The highest BCUT2D eigenvalue weighted by molar-refractivity contribution is 7.02. The second-order valence-corrected chi connectivity index (χ2v) is 19.1. The third kappa shape index (κ3) is 6.22. The van der Waals surface area contributed by atoms with Crippen molar-refractivity contribution >= 4 is 80.3 Å². The predicted octanol–water partition coefficient (Wildman–Crippen LogP) is 13.2. The fourth-order valence-electron chi connectivity index (χ4n) is 12.1. The van der Waals surface area contributed by atoms with Crippen molar-refractivity contribution in [2.24, 2.45) is 0 Å². The maximum atomic E-state index is 7.10. The number of fused-ring (bicyclic) bond motifs is 8. The summed E-state index contributed by atoms with van der Waals surface area (Å²) in [6, 6.07) is 92.4. The van der Waals surface area contributed by atoms with Gasteiger partial charge in [0.05, 0.1) is 11.4 Å². The van der Waals surface area contributed by atoms with Crippen molar-refractivity contribution in [1.82, 2.24) is 0 Å². The van der Waals surface area contributed by atoms with Gasteiger partial charge in [-0.25, -0.2) is 0 Å². The summed E-state index contributed by atoms with van der Waals surface area (Å²) in [7, 11) is 0. The summed E-state index contributed by atoms with van der Waals surface area (Å²) in [6.07, 6.45) is 0. The first kappa shape index (κ1) is 40.6. The zero-order chi connectivity index (χ0) is 47.3. The molecule has 0 fully saturated rings. The lowest BCUT2D eigenvalue weighted by molar-refractivity contribution is 0.487. The van der Waals surface area contributed by atoms with Crippen LogP contribution in [0.5, 0.6) is 23.0 Å². The molecule has 4 aliphatic heterocycles. The number of para-hydroxylation sites is 4. The van der Waals surface area contributed by atoms with Crippen molar-refractivity contribution in [3.63, 3.8) is 0 Å². The van der Waals surface area contributed by atoms with Gasteiger partial charge in [0.2, 0.25) is 0 Å². The quantitative estimate of drug-likeness (QED) is 0.155. The minimum Gasteiger partial charge on any atom is -0.458 e. The standard InChI is InChI=1S/C66H42B2N2O2/c1-5-21-43(22-6-1)47-37-59-65-63(39-47)71-61-35-19-15-31-51(61)67(65)53-41-54-58(42-57(53)69(59)55-33-17-13-29-49(55)45-25-9-3-10-26-45)70(56-34-18-14-30-50(56)46-27-11-4-12-28-46)60-38-48(44-23-7-2-8-24-44)40-64-66(60)68(54)52-32-16-20-36-62(52)72-64/h1-42H. The Morgan fingerprint density at radius 1 is 0.236 bits per heavy atom. The highest BCUT2D eigenvalue weighted by Crippen LogP contribution is 2.50. The number of ether oxygens (including phenoxy) is 2. The third-order valence-electron chi connectivity index (χ3n) is 15.2. The molecule has 11 aromatic carbocycles. The molecular formula is C66H42B2N2O2. The number of benzene rings is 11. The number of anilines is 6. The molecule has 4 aliphatic rings. The van der Waals surface area contributed by atoms with Gasteiger partial charge < -0.3 is 19.3 Å². The van der Waals surface area contributed by atoms with E-state index in [-0.39, 0.29) is 13.4 Å². The maximum Gasteiger partial charge on any atom is 0.256 e. The van der Waals surface area contributed by atoms with E-state index in [0.717, 1.165) is 123 Å². The van der Waals surface area contributed by atoms with E-state index >= 15 is 0 Å². The van der Waals surface area contributed by atoms with E-state index in [9.17, 15) is 0 Å². The molecule has 0 bridgehead atoms. The fraction of sp³-hybridized carbons (Fsp3) is 0. The van der Waals surface area contributed by atoms with Crippen LogP contribution in [-0.2, 0) is 0 Å². The zero-order valence-corrected chi connectivity index (χ0v) is 39.1. The number of hydrogen-bond acceptors (Lipinski definition) is 4. The van der Waals surface area contributed by atoms with Gasteiger partial charge in [-0.2, -0.15) is 0 Å². The van der Waals surface area contributed by atoms with Crippen LogP contribution in [0.25, 0.3) is 44.5 Å². The number of hydrogen-bond donors (Lipinski definition) is 0. The van der Waals surface area contributed by atoms with E-state index in [1.54, 1.807) is 0 Å². The second kappa shape index (κ2) is 16.2. The maximum absolute atomic E-state index is 7.10. The van der Waals surface area contributed by atoms with E-state index in [0.29, 0.717) is 0 Å². The minimum atomic E-state index is -0.133. The lowest BCUT2D eigenvalue weighted by atomic mass is 9.31. The molecular weight excluding hydrogens is 874 g/mol. The van der Waals surface area contributed by atoms with Crippen LogP contribution in [0.4, 0.5) is 34.1 Å². The Kier molecular flexibility index (Phi) is 9.12. The first-order valence-electron chi connectivity index (χ1n) is 24.8. The number of nitrogens with zero attached hydrogens (tertiary/aromatic N) is 2. The smallest absolute Gasteiger partial charge is 0.256 e. The van der Waals surface area contributed by atoms with Gasteiger partial charge in [-0.1, -0.05) is 200 Å². The molecule has 0 N–H and O–H groups in total. The minimum absolute atomic E-state index is 0.133. The molecule has 72 heavy (non-hydrogen) atoms. The average molecular weight is 917 g/mol. The molecule has 0 aromatic heterocycles. The molecule has 11 aromatic rings. The van der Waals surface area contributed by atoms with Crippen molar-refractivity contribution in [3.8, 4) is 67.5 Å². The van der Waals surface area contributed by atoms with Crippen LogP contribution in [0.1, 0.15) is 0 Å². The molecule has 0 aliphatic carbocycles. The largest absolute Gasteiger partial charge is 0.458 e. The van der Waals surface area contributed by atoms with Gasteiger partial charge in [0.15, 0.2) is 0 Å². The van der Waals surface area contributed by atoms with Crippen molar-refractivity contribution in [2.45, 2.75) is 0 Å². The Bertz CT molecular complexity index is 3700. The van der Waals surface area contributed by atoms with E-state index < -0.39 is 0 Å². The molecule has 334 valence electrons. The Hall–Kier alpha value is -9.25. The molecule has 0 unspecified atom stereocenters. The highest BCUT2D eigenvalue weighted by atomic mass is 16.5. The molecule has 0 saturated carbocycles. The highest BCUT2D eigenvalue weighted by Gasteiger charge is 2.47. The molecule has 0 spiro atoms. The van der Waals surface area contributed by atoms with Crippen molar-refractivity contribution in [3.05, 3.63) is 255 Å². The van der Waals surface area contributed by atoms with Crippen LogP contribution in [0.3, 0.4) is 0 Å². The predicted molar refractivity (Wildman–Crippen MR) is 300 cm³/mol. The molecule has 0 saturated heterocycles. The Morgan fingerprint density at radius 3 is 1.03 bits per heavy atom. The van der Waals surface area contributed by atoms with Gasteiger partial charge in [-0.3, -0.25) is 0 Å². The van der Waals surface area contributed by atoms with Gasteiger partial charge in [0, 0.05) is 33.9 Å². The third-order valence-corrected chi connectivity index (χ3v) is 15.2. The number of rotatable bonds is 6. The normalized spacial score (nSPS) is 13.1. The summed E-state index contributed by atoms with van der Waals surface area (Å²) in [4.78, 5) is 5.08. The lowest BCUT2D eigenvalue weighted by Crippen LogP contribution is -2.63. The lowest BCUT2D eigenvalue weighted by Gasteiger charge is -2.45. The summed E-state index contributed by atoms with van der Waals surface area (Å²) in [5, 5.41) is 0.